The maximum absolute atomic E-state index is 12.7. The quantitative estimate of drug-likeness (QED) is 0.837. The van der Waals surface area contributed by atoms with Gasteiger partial charge in [0.05, 0.1) is 6.10 Å². The van der Waals surface area contributed by atoms with Crippen LogP contribution < -0.4 is 11.1 Å². The number of amides is 1. The summed E-state index contributed by atoms with van der Waals surface area (Å²) < 4.78 is 5.76. The summed E-state index contributed by atoms with van der Waals surface area (Å²) in [7, 11) is 0. The van der Waals surface area contributed by atoms with Gasteiger partial charge in [0.1, 0.15) is 5.54 Å². The summed E-state index contributed by atoms with van der Waals surface area (Å²) in [5, 5.41) is 3.16. The molecule has 0 bridgehead atoms. The Balaban J connectivity index is 1.58. The highest BCUT2D eigenvalue weighted by Gasteiger charge is 2.71. The highest BCUT2D eigenvalue weighted by atomic mass is 16.5. The summed E-state index contributed by atoms with van der Waals surface area (Å²) in [6.45, 7) is 7.99. The summed E-state index contributed by atoms with van der Waals surface area (Å²) in [6.07, 6.45) is 6.12. The second-order valence-corrected chi connectivity index (χ2v) is 8.11. The van der Waals surface area contributed by atoms with Gasteiger partial charge in [-0.05, 0) is 31.1 Å². The predicted octanol–water partition coefficient (Wildman–Crippen LogP) is 2.07. The first kappa shape index (κ1) is 15.3. The van der Waals surface area contributed by atoms with Crippen LogP contribution in [0, 0.1) is 23.2 Å². The van der Waals surface area contributed by atoms with E-state index in [4.69, 9.17) is 10.5 Å². The smallest absolute Gasteiger partial charge is 0.241 e. The van der Waals surface area contributed by atoms with Crippen molar-refractivity contribution in [1.82, 2.24) is 5.32 Å². The molecule has 2 saturated carbocycles. The van der Waals surface area contributed by atoms with Crippen molar-refractivity contribution in [3.63, 3.8) is 0 Å². The normalized spacial score (nSPS) is 44.8. The van der Waals surface area contributed by atoms with Crippen molar-refractivity contribution in [2.45, 2.75) is 64.5 Å². The van der Waals surface area contributed by atoms with Crippen molar-refractivity contribution in [2.24, 2.45) is 28.9 Å². The van der Waals surface area contributed by atoms with E-state index in [-0.39, 0.29) is 23.3 Å². The monoisotopic (exact) mass is 294 g/mol. The molecule has 21 heavy (non-hydrogen) atoms. The van der Waals surface area contributed by atoms with Crippen LogP contribution in [0.15, 0.2) is 0 Å². The summed E-state index contributed by atoms with van der Waals surface area (Å²) in [4.78, 5) is 12.7. The van der Waals surface area contributed by atoms with Crippen molar-refractivity contribution >= 4 is 5.91 Å². The van der Waals surface area contributed by atoms with E-state index in [1.165, 1.54) is 25.7 Å². The first-order valence-corrected chi connectivity index (χ1v) is 8.56. The molecule has 120 valence electrons. The van der Waals surface area contributed by atoms with Gasteiger partial charge in [-0.1, -0.05) is 33.6 Å². The Morgan fingerprint density at radius 3 is 2.57 bits per heavy atom. The van der Waals surface area contributed by atoms with Gasteiger partial charge in [-0.3, -0.25) is 4.79 Å². The minimum absolute atomic E-state index is 0.0397. The molecule has 3 atom stereocenters. The van der Waals surface area contributed by atoms with Crippen molar-refractivity contribution in [2.75, 3.05) is 13.2 Å². The van der Waals surface area contributed by atoms with E-state index in [0.29, 0.717) is 5.92 Å². The zero-order valence-corrected chi connectivity index (χ0v) is 13.7. The lowest BCUT2D eigenvalue weighted by Crippen LogP contribution is -2.80. The fraction of sp³-hybridized carbons (Fsp3) is 0.941. The SMILES string of the molecule is CC1CCC(CNC(=O)C2(N)C3CCOC3C2(C)C)CC1. The molecule has 3 rings (SSSR count). The summed E-state index contributed by atoms with van der Waals surface area (Å²) in [6, 6.07) is 0. The van der Waals surface area contributed by atoms with Crippen molar-refractivity contribution in [3.05, 3.63) is 0 Å². The highest BCUT2D eigenvalue weighted by molar-refractivity contribution is 5.89. The summed E-state index contributed by atoms with van der Waals surface area (Å²) >= 11 is 0. The minimum Gasteiger partial charge on any atom is -0.377 e. The molecule has 3 unspecified atom stereocenters. The number of ether oxygens (including phenoxy) is 1. The molecule has 0 aromatic carbocycles. The molecule has 4 nitrogen and oxygen atoms in total. The topological polar surface area (TPSA) is 64.4 Å². The molecule has 1 amide bonds. The number of nitrogens with two attached hydrogens (primary N) is 1. The number of carbonyl (C=O) groups excluding carboxylic acids is 1. The van der Waals surface area contributed by atoms with Gasteiger partial charge in [0.2, 0.25) is 5.91 Å². The Morgan fingerprint density at radius 2 is 1.90 bits per heavy atom. The maximum Gasteiger partial charge on any atom is 0.241 e. The van der Waals surface area contributed by atoms with Gasteiger partial charge in [0.15, 0.2) is 0 Å². The molecule has 0 aromatic rings. The van der Waals surface area contributed by atoms with Crippen LogP contribution in [0.1, 0.15) is 52.9 Å². The first-order chi connectivity index (χ1) is 9.87. The highest BCUT2D eigenvalue weighted by Crippen LogP contribution is 2.58. The predicted molar refractivity (Wildman–Crippen MR) is 82.7 cm³/mol. The second kappa shape index (κ2) is 5.24. The van der Waals surface area contributed by atoms with E-state index in [0.717, 1.165) is 25.5 Å². The zero-order chi connectivity index (χ0) is 15.3. The van der Waals surface area contributed by atoms with E-state index < -0.39 is 5.54 Å². The largest absolute Gasteiger partial charge is 0.377 e. The van der Waals surface area contributed by atoms with Crippen molar-refractivity contribution < 1.29 is 9.53 Å². The van der Waals surface area contributed by atoms with Gasteiger partial charge in [-0.25, -0.2) is 0 Å². The van der Waals surface area contributed by atoms with Crippen LogP contribution in [0.25, 0.3) is 0 Å². The fourth-order valence-electron chi connectivity index (χ4n) is 4.76. The Labute approximate surface area is 128 Å². The molecule has 0 spiro atoms. The van der Waals surface area contributed by atoms with E-state index in [1.54, 1.807) is 0 Å². The Hall–Kier alpha value is -0.610. The van der Waals surface area contributed by atoms with E-state index >= 15 is 0 Å². The number of nitrogens with one attached hydrogen (secondary N) is 1. The Morgan fingerprint density at radius 1 is 1.24 bits per heavy atom. The van der Waals surface area contributed by atoms with Crippen molar-refractivity contribution in [3.8, 4) is 0 Å². The third-order valence-electron chi connectivity index (χ3n) is 6.52. The van der Waals surface area contributed by atoms with E-state index in [9.17, 15) is 4.79 Å². The van der Waals surface area contributed by atoms with Crippen LogP contribution in [0.3, 0.4) is 0 Å². The first-order valence-electron chi connectivity index (χ1n) is 8.56. The van der Waals surface area contributed by atoms with Crippen LogP contribution in [0.4, 0.5) is 0 Å². The summed E-state index contributed by atoms with van der Waals surface area (Å²) in [5.74, 6) is 1.71. The van der Waals surface area contributed by atoms with Crippen LogP contribution in [0.2, 0.25) is 0 Å². The molecule has 2 aliphatic carbocycles. The molecule has 3 fully saturated rings. The maximum atomic E-state index is 12.7. The average Bonchev–Trinajstić information content (AvgIpc) is 2.93. The Kier molecular flexibility index (Phi) is 3.81. The molecule has 4 heteroatoms. The standard InChI is InChI=1S/C17H30N2O2/c1-11-4-6-12(7-5-11)10-19-15(20)17(18)13-8-9-21-14(13)16(17,2)3/h11-14H,4-10,18H2,1-3H3,(H,19,20). The fourth-order valence-corrected chi connectivity index (χ4v) is 4.76. The third-order valence-corrected chi connectivity index (χ3v) is 6.52. The molecule has 1 aliphatic heterocycles. The average molecular weight is 294 g/mol. The molecule has 3 N–H and O–H groups in total. The van der Waals surface area contributed by atoms with Gasteiger partial charge in [-0.2, -0.15) is 0 Å². The van der Waals surface area contributed by atoms with Gasteiger partial charge < -0.3 is 15.8 Å². The molecule has 0 radical (unpaired) electrons. The molecule has 1 heterocycles. The lowest BCUT2D eigenvalue weighted by Gasteiger charge is -2.60. The van der Waals surface area contributed by atoms with E-state index in [2.05, 4.69) is 26.1 Å². The van der Waals surface area contributed by atoms with Gasteiger partial charge in [0, 0.05) is 24.5 Å². The van der Waals surface area contributed by atoms with Gasteiger partial charge >= 0.3 is 0 Å². The molecule has 3 aliphatic rings. The zero-order valence-electron chi connectivity index (χ0n) is 13.7. The number of rotatable bonds is 3. The van der Waals surface area contributed by atoms with Crippen LogP contribution in [0.5, 0.6) is 0 Å². The number of carbonyl (C=O) groups is 1. The van der Waals surface area contributed by atoms with Gasteiger partial charge in [0.25, 0.3) is 0 Å². The van der Waals surface area contributed by atoms with Crippen LogP contribution in [-0.2, 0) is 9.53 Å². The third kappa shape index (κ3) is 2.22. The minimum atomic E-state index is -0.754. The van der Waals surface area contributed by atoms with Crippen molar-refractivity contribution in [1.29, 1.82) is 0 Å². The number of hydrogen-bond donors (Lipinski definition) is 2. The molecule has 0 aromatic heterocycles. The summed E-state index contributed by atoms with van der Waals surface area (Å²) in [5.41, 5.74) is 5.54. The van der Waals surface area contributed by atoms with Crippen LogP contribution in [-0.4, -0.2) is 30.7 Å². The van der Waals surface area contributed by atoms with Crippen LogP contribution >= 0.6 is 0 Å². The second-order valence-electron chi connectivity index (χ2n) is 8.11. The number of fused-ring (bicyclic) bond motifs is 1. The van der Waals surface area contributed by atoms with E-state index in [1.807, 2.05) is 0 Å². The molecule has 1 saturated heterocycles. The number of hydrogen-bond acceptors (Lipinski definition) is 3. The molecular formula is C17H30N2O2. The lowest BCUT2D eigenvalue weighted by atomic mass is 9.48. The van der Waals surface area contributed by atoms with Gasteiger partial charge in [-0.15, -0.1) is 0 Å². The Bertz CT molecular complexity index is 415. The lowest BCUT2D eigenvalue weighted by molar-refractivity contribution is -0.175. The molecular weight excluding hydrogens is 264 g/mol.